The van der Waals surface area contributed by atoms with Crippen LogP contribution in [-0.4, -0.2) is 19.7 Å². The van der Waals surface area contributed by atoms with E-state index in [1.165, 1.54) is 11.8 Å². The second-order valence-corrected chi connectivity index (χ2v) is 7.25. The molecule has 0 atom stereocenters. The van der Waals surface area contributed by atoms with Gasteiger partial charge in [0.2, 0.25) is 0 Å². The lowest BCUT2D eigenvalue weighted by Crippen LogP contribution is -2.09. The average Bonchev–Trinajstić information content (AvgIpc) is 3.06. The molecule has 4 aromatic rings. The number of H-pyrrole nitrogens is 1. The van der Waals surface area contributed by atoms with Crippen molar-refractivity contribution in [1.29, 1.82) is 0 Å². The fourth-order valence-corrected chi connectivity index (χ4v) is 3.74. The highest BCUT2D eigenvalue weighted by Gasteiger charge is 2.12. The van der Waals surface area contributed by atoms with Gasteiger partial charge in [0, 0.05) is 10.8 Å². The highest BCUT2D eigenvalue weighted by Crippen LogP contribution is 2.25. The molecular weight excluding hydrogens is 368 g/mol. The van der Waals surface area contributed by atoms with Crippen LogP contribution in [0.4, 0.5) is 0 Å². The number of halogens is 1. The summed E-state index contributed by atoms with van der Waals surface area (Å²) < 4.78 is 1.68. The van der Waals surface area contributed by atoms with Crippen molar-refractivity contribution in [3.05, 3.63) is 81.2 Å². The first-order chi connectivity index (χ1) is 12.6. The third-order valence-corrected chi connectivity index (χ3v) is 5.31. The van der Waals surface area contributed by atoms with E-state index in [0.717, 1.165) is 16.8 Å². The van der Waals surface area contributed by atoms with Crippen molar-refractivity contribution in [2.45, 2.75) is 17.8 Å². The fraction of sp³-hybridized carbons (Fsp3) is 0.105. The fourth-order valence-electron chi connectivity index (χ4n) is 2.60. The molecule has 0 amide bonds. The van der Waals surface area contributed by atoms with E-state index in [9.17, 15) is 4.79 Å². The molecule has 7 heteroatoms. The Labute approximate surface area is 159 Å². The number of nitrogens with zero attached hydrogens (tertiary/aromatic N) is 3. The Morgan fingerprint density at radius 2 is 1.92 bits per heavy atom. The standard InChI is InChI=1S/C19H15ClN4OS/c1-12-6-8-14(9-7-12)24-17-15(10-21-24)18(25)23-19(22-17)26-11-13-4-2-3-5-16(13)20/h2-10H,11H2,1H3,(H,22,23,25). The molecule has 2 aromatic carbocycles. The maximum absolute atomic E-state index is 12.4. The topological polar surface area (TPSA) is 63.6 Å². The Morgan fingerprint density at radius 3 is 2.69 bits per heavy atom. The summed E-state index contributed by atoms with van der Waals surface area (Å²) in [6.45, 7) is 2.03. The van der Waals surface area contributed by atoms with Crippen LogP contribution in [0.2, 0.25) is 5.02 Å². The van der Waals surface area contributed by atoms with E-state index in [1.54, 1.807) is 10.9 Å². The molecule has 5 nitrogen and oxygen atoms in total. The first kappa shape index (κ1) is 16.9. The number of hydrogen-bond donors (Lipinski definition) is 1. The summed E-state index contributed by atoms with van der Waals surface area (Å²) in [4.78, 5) is 19.8. The maximum Gasteiger partial charge on any atom is 0.262 e. The summed E-state index contributed by atoms with van der Waals surface area (Å²) in [5.74, 6) is 0.618. The van der Waals surface area contributed by atoms with Crippen molar-refractivity contribution in [2.75, 3.05) is 0 Å². The largest absolute Gasteiger partial charge is 0.301 e. The molecule has 4 rings (SSSR count). The van der Waals surface area contributed by atoms with Gasteiger partial charge in [0.1, 0.15) is 5.39 Å². The smallest absolute Gasteiger partial charge is 0.262 e. The molecule has 0 spiro atoms. The second-order valence-electron chi connectivity index (χ2n) is 5.88. The Kier molecular flexibility index (Phi) is 4.53. The Hall–Kier alpha value is -2.57. The Bertz CT molecular complexity index is 1130. The molecule has 0 saturated heterocycles. The predicted octanol–water partition coefficient (Wildman–Crippen LogP) is 4.36. The molecule has 0 radical (unpaired) electrons. The maximum atomic E-state index is 12.4. The molecular formula is C19H15ClN4OS. The van der Waals surface area contributed by atoms with Gasteiger partial charge in [0.15, 0.2) is 10.8 Å². The van der Waals surface area contributed by atoms with E-state index >= 15 is 0 Å². The Morgan fingerprint density at radius 1 is 1.15 bits per heavy atom. The molecule has 0 aliphatic heterocycles. The van der Waals surface area contributed by atoms with Gasteiger partial charge in [-0.3, -0.25) is 4.79 Å². The first-order valence-electron chi connectivity index (χ1n) is 8.03. The predicted molar refractivity (Wildman–Crippen MR) is 105 cm³/mol. The number of aromatic amines is 1. The normalized spacial score (nSPS) is 11.2. The summed E-state index contributed by atoms with van der Waals surface area (Å²) in [5.41, 5.74) is 3.36. The number of thioether (sulfide) groups is 1. The minimum absolute atomic E-state index is 0.199. The van der Waals surface area contributed by atoms with Crippen molar-refractivity contribution < 1.29 is 0 Å². The van der Waals surface area contributed by atoms with Crippen LogP contribution in [0, 0.1) is 6.92 Å². The van der Waals surface area contributed by atoms with Crippen LogP contribution in [0.25, 0.3) is 16.7 Å². The van der Waals surface area contributed by atoms with Gasteiger partial charge in [-0.05, 0) is 30.7 Å². The van der Waals surface area contributed by atoms with Crippen LogP contribution in [0.5, 0.6) is 0 Å². The number of aryl methyl sites for hydroxylation is 1. The molecule has 0 saturated carbocycles. The zero-order valence-electron chi connectivity index (χ0n) is 13.9. The van der Waals surface area contributed by atoms with Gasteiger partial charge < -0.3 is 4.98 Å². The van der Waals surface area contributed by atoms with E-state index < -0.39 is 0 Å². The molecule has 26 heavy (non-hydrogen) atoms. The van der Waals surface area contributed by atoms with Gasteiger partial charge in [0.25, 0.3) is 5.56 Å². The van der Waals surface area contributed by atoms with Crippen LogP contribution in [0.1, 0.15) is 11.1 Å². The summed E-state index contributed by atoms with van der Waals surface area (Å²) in [5, 5.41) is 6.04. The van der Waals surface area contributed by atoms with Crippen LogP contribution >= 0.6 is 23.4 Å². The quantitative estimate of drug-likeness (QED) is 0.420. The molecule has 0 unspecified atom stereocenters. The van der Waals surface area contributed by atoms with Crippen LogP contribution in [0.3, 0.4) is 0 Å². The van der Waals surface area contributed by atoms with Crippen LogP contribution < -0.4 is 5.56 Å². The lowest BCUT2D eigenvalue weighted by molar-refractivity contribution is 0.872. The average molecular weight is 383 g/mol. The molecule has 0 aliphatic carbocycles. The number of nitrogens with one attached hydrogen (secondary N) is 1. The van der Waals surface area contributed by atoms with Gasteiger partial charge in [-0.1, -0.05) is 59.3 Å². The third kappa shape index (κ3) is 3.25. The zero-order valence-corrected chi connectivity index (χ0v) is 15.5. The molecule has 0 fully saturated rings. The summed E-state index contributed by atoms with van der Waals surface area (Å²) in [6, 6.07) is 15.6. The van der Waals surface area contributed by atoms with Crippen LogP contribution in [0.15, 0.2) is 64.7 Å². The van der Waals surface area contributed by atoms with E-state index in [0.29, 0.717) is 27.0 Å². The molecule has 130 valence electrons. The highest BCUT2D eigenvalue weighted by molar-refractivity contribution is 7.98. The second kappa shape index (κ2) is 6.97. The summed E-state index contributed by atoms with van der Waals surface area (Å²) >= 11 is 7.63. The van der Waals surface area contributed by atoms with Gasteiger partial charge in [0.05, 0.1) is 11.9 Å². The number of fused-ring (bicyclic) bond motifs is 1. The van der Waals surface area contributed by atoms with Crippen molar-refractivity contribution in [1.82, 2.24) is 19.7 Å². The summed E-state index contributed by atoms with van der Waals surface area (Å²) in [7, 11) is 0. The SMILES string of the molecule is Cc1ccc(-n2ncc3c(=O)[nH]c(SCc4ccccc4Cl)nc32)cc1. The van der Waals surface area contributed by atoms with E-state index in [2.05, 4.69) is 15.1 Å². The molecule has 2 aromatic heterocycles. The minimum atomic E-state index is -0.199. The molecule has 0 aliphatic rings. The number of benzene rings is 2. The van der Waals surface area contributed by atoms with Crippen molar-refractivity contribution >= 4 is 34.4 Å². The van der Waals surface area contributed by atoms with Gasteiger partial charge in [-0.2, -0.15) is 5.10 Å². The number of hydrogen-bond acceptors (Lipinski definition) is 4. The van der Waals surface area contributed by atoms with Crippen molar-refractivity contribution in [3.63, 3.8) is 0 Å². The number of rotatable bonds is 4. The lowest BCUT2D eigenvalue weighted by Gasteiger charge is -2.06. The van der Waals surface area contributed by atoms with Gasteiger partial charge in [-0.25, -0.2) is 9.67 Å². The monoisotopic (exact) mass is 382 g/mol. The van der Waals surface area contributed by atoms with E-state index in [1.807, 2.05) is 55.5 Å². The van der Waals surface area contributed by atoms with Gasteiger partial charge in [-0.15, -0.1) is 0 Å². The minimum Gasteiger partial charge on any atom is -0.301 e. The van der Waals surface area contributed by atoms with Crippen LogP contribution in [-0.2, 0) is 5.75 Å². The number of aromatic nitrogens is 4. The van der Waals surface area contributed by atoms with Gasteiger partial charge >= 0.3 is 0 Å². The van der Waals surface area contributed by atoms with Crippen molar-refractivity contribution in [2.24, 2.45) is 0 Å². The Balaban J connectivity index is 1.71. The summed E-state index contributed by atoms with van der Waals surface area (Å²) in [6.07, 6.45) is 1.55. The molecule has 0 bridgehead atoms. The highest BCUT2D eigenvalue weighted by atomic mass is 35.5. The molecule has 2 heterocycles. The van der Waals surface area contributed by atoms with Crippen molar-refractivity contribution in [3.8, 4) is 5.69 Å². The van der Waals surface area contributed by atoms with E-state index in [4.69, 9.17) is 11.6 Å². The zero-order chi connectivity index (χ0) is 18.1. The molecule has 1 N–H and O–H groups in total. The lowest BCUT2D eigenvalue weighted by atomic mass is 10.2. The first-order valence-corrected chi connectivity index (χ1v) is 9.39. The third-order valence-electron chi connectivity index (χ3n) is 4.02. The van der Waals surface area contributed by atoms with E-state index in [-0.39, 0.29) is 5.56 Å².